The number of halogens is 2. The minimum atomic E-state index is -1.19. The molecule has 1 rings (SSSR count). The van der Waals surface area contributed by atoms with Gasteiger partial charge in [0, 0.05) is 5.38 Å². The maximum Gasteiger partial charge on any atom is 0.349 e. The van der Waals surface area contributed by atoms with E-state index in [-0.39, 0.29) is 28.1 Å². The predicted octanol–water partition coefficient (Wildman–Crippen LogP) is 1.98. The highest BCUT2D eigenvalue weighted by Crippen LogP contribution is 2.34. The summed E-state index contributed by atoms with van der Waals surface area (Å²) >= 11 is 6.49. The number of hydrogen-bond acceptors (Lipinski definition) is 4. The average molecular weight is 273 g/mol. The van der Waals surface area contributed by atoms with Crippen LogP contribution in [0.15, 0.2) is 5.38 Å². The third-order valence-electron chi connectivity index (χ3n) is 1.24. The summed E-state index contributed by atoms with van der Waals surface area (Å²) in [6, 6.07) is 0. The first-order valence-electron chi connectivity index (χ1n) is 3.37. The summed E-state index contributed by atoms with van der Waals surface area (Å²) in [5.74, 6) is -2.47. The first-order valence-corrected chi connectivity index (χ1v) is 4.63. The van der Waals surface area contributed by atoms with E-state index < -0.39 is 18.5 Å². The van der Waals surface area contributed by atoms with Gasteiger partial charge in [-0.15, -0.1) is 23.7 Å². The zero-order valence-electron chi connectivity index (χ0n) is 7.10. The van der Waals surface area contributed by atoms with Crippen LogP contribution in [-0.2, 0) is 4.79 Å². The Morgan fingerprint density at radius 1 is 1.47 bits per heavy atom. The topological polar surface area (TPSA) is 83.8 Å². The molecule has 8 heteroatoms. The molecule has 0 aliphatic heterocycles. The zero-order valence-corrected chi connectivity index (χ0v) is 9.49. The highest BCUT2D eigenvalue weighted by atomic mass is 35.5. The lowest BCUT2D eigenvalue weighted by Crippen LogP contribution is -2.10. The minimum absolute atomic E-state index is 0. The Hall–Kier alpha value is -0.980. The van der Waals surface area contributed by atoms with Crippen molar-refractivity contribution in [3.8, 4) is 5.75 Å². The van der Waals surface area contributed by atoms with Crippen molar-refractivity contribution in [2.24, 2.45) is 0 Å². The molecule has 84 valence electrons. The van der Waals surface area contributed by atoms with Crippen molar-refractivity contribution in [3.63, 3.8) is 0 Å². The summed E-state index contributed by atoms with van der Waals surface area (Å²) < 4.78 is 4.73. The van der Waals surface area contributed by atoms with Crippen LogP contribution in [0.4, 0.5) is 0 Å². The van der Waals surface area contributed by atoms with Crippen LogP contribution in [0.3, 0.4) is 0 Å². The number of ether oxygens (including phenoxy) is 1. The van der Waals surface area contributed by atoms with Crippen molar-refractivity contribution < 1.29 is 24.5 Å². The molecule has 5 nitrogen and oxygen atoms in total. The van der Waals surface area contributed by atoms with Crippen molar-refractivity contribution in [1.82, 2.24) is 0 Å². The first-order chi connectivity index (χ1) is 6.52. The zero-order chi connectivity index (χ0) is 10.7. The highest BCUT2D eigenvalue weighted by Gasteiger charge is 2.18. The largest absolute Gasteiger partial charge is 0.479 e. The van der Waals surface area contributed by atoms with E-state index in [1.165, 1.54) is 5.38 Å². The molecule has 0 saturated carbocycles. The van der Waals surface area contributed by atoms with E-state index in [0.717, 1.165) is 11.3 Å². The van der Waals surface area contributed by atoms with Gasteiger partial charge in [0.1, 0.15) is 0 Å². The minimum Gasteiger partial charge on any atom is -0.479 e. The lowest BCUT2D eigenvalue weighted by Gasteiger charge is -2.02. The van der Waals surface area contributed by atoms with Crippen LogP contribution in [0, 0.1) is 0 Å². The predicted molar refractivity (Wildman–Crippen MR) is 56.7 cm³/mol. The van der Waals surface area contributed by atoms with Gasteiger partial charge in [-0.2, -0.15) is 0 Å². The second-order valence-corrected chi connectivity index (χ2v) is 3.52. The molecular weight excluding hydrogens is 267 g/mol. The highest BCUT2D eigenvalue weighted by molar-refractivity contribution is 7.13. The molecule has 0 atom stereocenters. The molecule has 0 spiro atoms. The summed E-state index contributed by atoms with van der Waals surface area (Å²) in [5.41, 5.74) is 0. The van der Waals surface area contributed by atoms with E-state index in [0.29, 0.717) is 0 Å². The van der Waals surface area contributed by atoms with Crippen LogP contribution >= 0.6 is 35.3 Å². The lowest BCUT2D eigenvalue weighted by atomic mass is 10.4. The number of aromatic carboxylic acids is 1. The van der Waals surface area contributed by atoms with Gasteiger partial charge in [0.25, 0.3) is 0 Å². The van der Waals surface area contributed by atoms with Gasteiger partial charge < -0.3 is 14.9 Å². The molecule has 1 aromatic heterocycles. The van der Waals surface area contributed by atoms with Gasteiger partial charge in [0.15, 0.2) is 17.2 Å². The molecule has 0 radical (unpaired) electrons. The van der Waals surface area contributed by atoms with E-state index in [4.69, 9.17) is 26.6 Å². The van der Waals surface area contributed by atoms with Gasteiger partial charge in [0.2, 0.25) is 0 Å². The van der Waals surface area contributed by atoms with E-state index in [1.54, 1.807) is 0 Å². The number of thiophene rings is 1. The SMILES string of the molecule is Cl.O=C(O)COc1c(Cl)csc1C(=O)O. The standard InChI is InChI=1S/C7H5ClO5S.ClH/c8-3-2-14-6(7(11)12)5(3)13-1-4(9)10;/h2H,1H2,(H,9,10)(H,11,12);1H. The maximum absolute atomic E-state index is 10.6. The molecule has 0 bridgehead atoms. The third kappa shape index (κ3) is 3.58. The average Bonchev–Trinajstić information content (AvgIpc) is 2.43. The van der Waals surface area contributed by atoms with Crippen molar-refractivity contribution in [3.05, 3.63) is 15.3 Å². The molecule has 0 fully saturated rings. The second kappa shape index (κ2) is 5.79. The van der Waals surface area contributed by atoms with Gasteiger partial charge >= 0.3 is 11.9 Å². The molecule has 0 saturated heterocycles. The van der Waals surface area contributed by atoms with Crippen LogP contribution < -0.4 is 4.74 Å². The third-order valence-corrected chi connectivity index (χ3v) is 2.60. The molecule has 15 heavy (non-hydrogen) atoms. The molecule has 0 aromatic carbocycles. The fourth-order valence-electron chi connectivity index (χ4n) is 0.742. The van der Waals surface area contributed by atoms with Gasteiger partial charge in [0.05, 0.1) is 5.02 Å². The van der Waals surface area contributed by atoms with Gasteiger partial charge in [-0.25, -0.2) is 9.59 Å². The molecule has 0 amide bonds. The number of aliphatic carboxylic acids is 1. The van der Waals surface area contributed by atoms with Crippen molar-refractivity contribution in [2.75, 3.05) is 6.61 Å². The fraction of sp³-hybridized carbons (Fsp3) is 0.143. The molecule has 0 unspecified atom stereocenters. The molecular formula is C7H6Cl2O5S. The molecule has 2 N–H and O–H groups in total. The first kappa shape index (κ1) is 14.0. The summed E-state index contributed by atoms with van der Waals surface area (Å²) in [6.07, 6.45) is 0. The fourth-order valence-corrected chi connectivity index (χ4v) is 1.79. The Labute approximate surface area is 99.6 Å². The maximum atomic E-state index is 10.6. The van der Waals surface area contributed by atoms with E-state index in [2.05, 4.69) is 0 Å². The van der Waals surface area contributed by atoms with E-state index in [9.17, 15) is 9.59 Å². The number of carbonyl (C=O) groups is 2. The van der Waals surface area contributed by atoms with Crippen LogP contribution in [0.1, 0.15) is 9.67 Å². The Kier molecular flexibility index (Phi) is 5.41. The quantitative estimate of drug-likeness (QED) is 0.876. The Bertz CT molecular complexity index is 375. The monoisotopic (exact) mass is 272 g/mol. The van der Waals surface area contributed by atoms with Crippen LogP contribution in [0.25, 0.3) is 0 Å². The Morgan fingerprint density at radius 3 is 2.53 bits per heavy atom. The van der Waals surface area contributed by atoms with Crippen molar-refractivity contribution in [2.45, 2.75) is 0 Å². The number of hydrogen-bond donors (Lipinski definition) is 2. The van der Waals surface area contributed by atoms with E-state index >= 15 is 0 Å². The lowest BCUT2D eigenvalue weighted by molar-refractivity contribution is -0.139. The molecule has 0 aliphatic rings. The van der Waals surface area contributed by atoms with Crippen molar-refractivity contribution >= 4 is 47.3 Å². The summed E-state index contributed by atoms with van der Waals surface area (Å²) in [7, 11) is 0. The smallest absolute Gasteiger partial charge is 0.349 e. The Balaban J connectivity index is 0.00000196. The van der Waals surface area contributed by atoms with Crippen LogP contribution in [0.5, 0.6) is 5.75 Å². The van der Waals surface area contributed by atoms with Gasteiger partial charge in [-0.3, -0.25) is 0 Å². The Morgan fingerprint density at radius 2 is 2.07 bits per heavy atom. The van der Waals surface area contributed by atoms with Crippen LogP contribution in [0.2, 0.25) is 5.02 Å². The summed E-state index contributed by atoms with van der Waals surface area (Å²) in [5, 5.41) is 18.5. The van der Waals surface area contributed by atoms with Crippen LogP contribution in [-0.4, -0.2) is 28.8 Å². The van der Waals surface area contributed by atoms with E-state index in [1.807, 2.05) is 0 Å². The normalized spacial score (nSPS) is 9.13. The second-order valence-electron chi connectivity index (χ2n) is 2.23. The number of carboxylic acid groups (broad SMARTS) is 2. The molecule has 1 aromatic rings. The van der Waals surface area contributed by atoms with Crippen molar-refractivity contribution in [1.29, 1.82) is 0 Å². The molecule has 1 heterocycles. The number of rotatable bonds is 4. The van der Waals surface area contributed by atoms with Gasteiger partial charge in [-0.05, 0) is 0 Å². The van der Waals surface area contributed by atoms with Gasteiger partial charge in [-0.1, -0.05) is 11.6 Å². The summed E-state index contributed by atoms with van der Waals surface area (Å²) in [6.45, 7) is -0.614. The molecule has 0 aliphatic carbocycles. The summed E-state index contributed by atoms with van der Waals surface area (Å²) in [4.78, 5) is 20.7. The number of carboxylic acids is 2.